The van der Waals surface area contributed by atoms with Crippen LogP contribution in [0.1, 0.15) is 26.7 Å². The number of hydrogen-bond donors (Lipinski definition) is 0. The van der Waals surface area contributed by atoms with E-state index in [-0.39, 0.29) is 0 Å². The van der Waals surface area contributed by atoms with Crippen molar-refractivity contribution < 1.29 is 8.42 Å². The highest BCUT2D eigenvalue weighted by Crippen LogP contribution is 2.21. The molecule has 2 rings (SSSR count). The molecule has 18 heavy (non-hydrogen) atoms. The second-order valence-electron chi connectivity index (χ2n) is 5.45. The summed E-state index contributed by atoms with van der Waals surface area (Å²) >= 11 is 0. The van der Waals surface area contributed by atoms with E-state index in [1.165, 1.54) is 0 Å². The summed E-state index contributed by atoms with van der Waals surface area (Å²) in [5.74, 6) is 0.491. The summed E-state index contributed by atoms with van der Waals surface area (Å²) in [6, 6.07) is 0. The Balaban J connectivity index is 1.98. The average molecular weight is 275 g/mol. The van der Waals surface area contributed by atoms with Gasteiger partial charge in [0.1, 0.15) is 0 Å². The Kier molecular flexibility index (Phi) is 4.64. The number of piperazine rings is 1. The van der Waals surface area contributed by atoms with Gasteiger partial charge in [-0.1, -0.05) is 13.8 Å². The Morgan fingerprint density at radius 2 is 1.72 bits per heavy atom. The van der Waals surface area contributed by atoms with Crippen LogP contribution < -0.4 is 0 Å². The minimum absolute atomic E-state index is 0.491. The highest BCUT2D eigenvalue weighted by molar-refractivity contribution is 7.86. The van der Waals surface area contributed by atoms with E-state index in [2.05, 4.69) is 18.7 Å². The lowest BCUT2D eigenvalue weighted by atomic mass is 10.0. The molecule has 0 bridgehead atoms. The third kappa shape index (κ3) is 3.04. The van der Waals surface area contributed by atoms with Crippen molar-refractivity contribution in [1.29, 1.82) is 0 Å². The van der Waals surface area contributed by atoms with Crippen LogP contribution in [0.25, 0.3) is 0 Å². The van der Waals surface area contributed by atoms with Crippen molar-refractivity contribution in [3.63, 3.8) is 0 Å². The van der Waals surface area contributed by atoms with E-state index >= 15 is 0 Å². The zero-order chi connectivity index (χ0) is 13.2. The lowest BCUT2D eigenvalue weighted by Crippen LogP contribution is -2.54. The minimum Gasteiger partial charge on any atom is -0.301 e. The monoisotopic (exact) mass is 275 g/mol. The van der Waals surface area contributed by atoms with E-state index in [1.807, 2.05) is 0 Å². The highest BCUT2D eigenvalue weighted by Gasteiger charge is 2.33. The molecule has 2 aliphatic rings. The average Bonchev–Trinajstić information content (AvgIpc) is 2.39. The molecule has 106 valence electrons. The molecule has 5 nitrogen and oxygen atoms in total. The van der Waals surface area contributed by atoms with Gasteiger partial charge < -0.3 is 4.90 Å². The highest BCUT2D eigenvalue weighted by atomic mass is 32.2. The molecule has 0 saturated carbocycles. The zero-order valence-electron chi connectivity index (χ0n) is 11.5. The van der Waals surface area contributed by atoms with Gasteiger partial charge in [-0.2, -0.15) is 17.0 Å². The molecule has 2 aliphatic heterocycles. The summed E-state index contributed by atoms with van der Waals surface area (Å²) < 4.78 is 28.4. The van der Waals surface area contributed by atoms with E-state index in [0.717, 1.165) is 32.5 Å². The Morgan fingerprint density at radius 1 is 1.06 bits per heavy atom. The third-order valence-electron chi connectivity index (χ3n) is 4.05. The molecule has 2 saturated heterocycles. The van der Waals surface area contributed by atoms with E-state index in [0.29, 0.717) is 32.1 Å². The maximum atomic E-state index is 12.5. The van der Waals surface area contributed by atoms with Crippen molar-refractivity contribution in [3.05, 3.63) is 0 Å². The van der Waals surface area contributed by atoms with Crippen LogP contribution in [-0.4, -0.2) is 67.7 Å². The molecule has 0 spiro atoms. The first-order chi connectivity index (χ1) is 8.54. The first-order valence-electron chi connectivity index (χ1n) is 7.01. The molecule has 1 atom stereocenters. The van der Waals surface area contributed by atoms with Gasteiger partial charge in [0.05, 0.1) is 0 Å². The van der Waals surface area contributed by atoms with Crippen molar-refractivity contribution >= 4 is 10.2 Å². The van der Waals surface area contributed by atoms with E-state index in [4.69, 9.17) is 0 Å². The lowest BCUT2D eigenvalue weighted by Gasteiger charge is -2.38. The molecule has 0 aromatic carbocycles. The Labute approximate surface area is 111 Å². The quantitative estimate of drug-likeness (QED) is 0.757. The minimum atomic E-state index is -3.21. The zero-order valence-corrected chi connectivity index (χ0v) is 12.3. The van der Waals surface area contributed by atoms with Gasteiger partial charge in [0.15, 0.2) is 0 Å². The van der Waals surface area contributed by atoms with Gasteiger partial charge in [-0.25, -0.2) is 0 Å². The number of piperidine rings is 1. The summed E-state index contributed by atoms with van der Waals surface area (Å²) in [5.41, 5.74) is 0. The number of hydrogen-bond acceptors (Lipinski definition) is 3. The van der Waals surface area contributed by atoms with Gasteiger partial charge in [0.2, 0.25) is 0 Å². The number of nitrogens with zero attached hydrogens (tertiary/aromatic N) is 3. The van der Waals surface area contributed by atoms with Crippen molar-refractivity contribution in [1.82, 2.24) is 13.5 Å². The summed E-state index contributed by atoms with van der Waals surface area (Å²) in [4.78, 5) is 2.30. The maximum Gasteiger partial charge on any atom is 0.282 e. The van der Waals surface area contributed by atoms with Crippen molar-refractivity contribution in [3.8, 4) is 0 Å². The Hall–Kier alpha value is -0.170. The summed E-state index contributed by atoms with van der Waals surface area (Å²) in [6.07, 6.45) is 2.14. The fraction of sp³-hybridized carbons (Fsp3) is 1.00. The van der Waals surface area contributed by atoms with Gasteiger partial charge in [-0.05, 0) is 25.3 Å². The first-order valence-corrected chi connectivity index (χ1v) is 8.41. The summed E-state index contributed by atoms with van der Waals surface area (Å²) in [7, 11) is -3.21. The lowest BCUT2D eigenvalue weighted by molar-refractivity contribution is 0.181. The molecule has 0 aliphatic carbocycles. The normalized spacial score (nSPS) is 29.6. The van der Waals surface area contributed by atoms with Crippen LogP contribution in [-0.2, 0) is 10.2 Å². The Morgan fingerprint density at radius 3 is 2.28 bits per heavy atom. The van der Waals surface area contributed by atoms with Crippen molar-refractivity contribution in [2.45, 2.75) is 26.7 Å². The van der Waals surface area contributed by atoms with Gasteiger partial charge in [0.25, 0.3) is 10.2 Å². The first kappa shape index (κ1) is 14.2. The third-order valence-corrected chi connectivity index (χ3v) is 6.05. The van der Waals surface area contributed by atoms with Crippen molar-refractivity contribution in [2.24, 2.45) is 5.92 Å². The maximum absolute atomic E-state index is 12.5. The molecule has 0 amide bonds. The molecule has 0 aromatic rings. The standard InChI is InChI=1S/C12H25N3O2S/c1-3-13-7-9-14(10-8-13)18(16,17)15-6-4-5-12(2)11-15/h12H,3-11H2,1-2H3. The van der Waals surface area contributed by atoms with Crippen LogP contribution in [0.15, 0.2) is 0 Å². The van der Waals surface area contributed by atoms with Crippen LogP contribution in [0.3, 0.4) is 0 Å². The fourth-order valence-electron chi connectivity index (χ4n) is 2.80. The van der Waals surface area contributed by atoms with E-state index in [1.54, 1.807) is 8.61 Å². The smallest absolute Gasteiger partial charge is 0.282 e. The van der Waals surface area contributed by atoms with Crippen LogP contribution >= 0.6 is 0 Å². The van der Waals surface area contributed by atoms with E-state index in [9.17, 15) is 8.42 Å². The Bertz CT molecular complexity index is 364. The molecular weight excluding hydrogens is 250 g/mol. The molecule has 1 unspecified atom stereocenters. The van der Waals surface area contributed by atoms with Crippen LogP contribution in [0.4, 0.5) is 0 Å². The fourth-order valence-corrected chi connectivity index (χ4v) is 4.55. The van der Waals surface area contributed by atoms with Crippen LogP contribution in [0.2, 0.25) is 0 Å². The predicted octanol–water partition coefficient (Wildman–Crippen LogP) is 0.601. The second kappa shape index (κ2) is 5.86. The molecule has 0 N–H and O–H groups in total. The molecule has 2 heterocycles. The van der Waals surface area contributed by atoms with Gasteiger partial charge in [0, 0.05) is 39.3 Å². The number of likely N-dealkylation sites (N-methyl/N-ethyl adjacent to an activating group) is 1. The molecule has 6 heteroatoms. The van der Waals surface area contributed by atoms with Crippen LogP contribution in [0.5, 0.6) is 0 Å². The van der Waals surface area contributed by atoms with Gasteiger partial charge in [-0.15, -0.1) is 0 Å². The summed E-state index contributed by atoms with van der Waals surface area (Å²) in [5, 5.41) is 0. The number of rotatable bonds is 3. The molecular formula is C12H25N3O2S. The largest absolute Gasteiger partial charge is 0.301 e. The second-order valence-corrected chi connectivity index (χ2v) is 7.37. The SMILES string of the molecule is CCN1CCN(S(=O)(=O)N2CCCC(C)C2)CC1. The van der Waals surface area contributed by atoms with Gasteiger partial charge >= 0.3 is 0 Å². The summed E-state index contributed by atoms with van der Waals surface area (Å²) in [6.45, 7) is 9.65. The molecule has 0 radical (unpaired) electrons. The molecule has 0 aromatic heterocycles. The van der Waals surface area contributed by atoms with E-state index < -0.39 is 10.2 Å². The van der Waals surface area contributed by atoms with Crippen molar-refractivity contribution in [2.75, 3.05) is 45.8 Å². The predicted molar refractivity (Wildman–Crippen MR) is 72.6 cm³/mol. The topological polar surface area (TPSA) is 43.9 Å². The van der Waals surface area contributed by atoms with Gasteiger partial charge in [-0.3, -0.25) is 0 Å². The van der Waals surface area contributed by atoms with Crippen LogP contribution in [0, 0.1) is 5.92 Å². The molecule has 2 fully saturated rings.